The Morgan fingerprint density at radius 1 is 1.32 bits per heavy atom. The van der Waals surface area contributed by atoms with Crippen molar-refractivity contribution >= 4 is 11.9 Å². The van der Waals surface area contributed by atoms with E-state index in [4.69, 9.17) is 9.47 Å². The number of aliphatic carboxylic acids is 1. The van der Waals surface area contributed by atoms with Gasteiger partial charge in [-0.1, -0.05) is 19.9 Å². The summed E-state index contributed by atoms with van der Waals surface area (Å²) in [5, 5.41) is 12.2. The number of aromatic nitrogens is 1. The van der Waals surface area contributed by atoms with Crippen LogP contribution in [0.25, 0.3) is 0 Å². The van der Waals surface area contributed by atoms with Gasteiger partial charge in [0, 0.05) is 12.2 Å². The molecular weight excluding hydrogens is 360 g/mol. The first-order chi connectivity index (χ1) is 13.4. The Bertz CT molecular complexity index is 722. The quantitative estimate of drug-likeness (QED) is 0.671. The largest absolute Gasteiger partial charge is 0.480 e. The molecule has 7 nitrogen and oxygen atoms in total. The normalized spacial score (nSPS) is 20.6. The number of hydrogen-bond acceptors (Lipinski definition) is 5. The van der Waals surface area contributed by atoms with Gasteiger partial charge in [0.15, 0.2) is 0 Å². The summed E-state index contributed by atoms with van der Waals surface area (Å²) in [7, 11) is 0. The third-order valence-corrected chi connectivity index (χ3v) is 5.89. The van der Waals surface area contributed by atoms with Crippen molar-refractivity contribution < 1.29 is 24.2 Å². The zero-order valence-corrected chi connectivity index (χ0v) is 16.9. The monoisotopic (exact) mass is 390 g/mol. The SMILES string of the molecule is CCC(CC)(NC(=O)c1ccc(C2CC2)c(OC(C)C2CCCO2)n1)C(=O)O. The Balaban J connectivity index is 1.81. The Kier molecular flexibility index (Phi) is 6.23. The average molecular weight is 390 g/mol. The van der Waals surface area contributed by atoms with Crippen molar-refractivity contribution in [1.29, 1.82) is 0 Å². The summed E-state index contributed by atoms with van der Waals surface area (Å²) in [6.07, 6.45) is 4.62. The van der Waals surface area contributed by atoms with Gasteiger partial charge in [0.1, 0.15) is 17.3 Å². The fourth-order valence-electron chi connectivity index (χ4n) is 3.67. The molecule has 0 aromatic carbocycles. The maximum absolute atomic E-state index is 12.8. The second kappa shape index (κ2) is 8.47. The third-order valence-electron chi connectivity index (χ3n) is 5.89. The molecule has 2 atom stereocenters. The fraction of sp³-hybridized carbons (Fsp3) is 0.667. The molecule has 1 saturated heterocycles. The number of carboxylic acids is 1. The van der Waals surface area contributed by atoms with Crippen LogP contribution < -0.4 is 10.1 Å². The van der Waals surface area contributed by atoms with Crippen LogP contribution in [0.5, 0.6) is 5.88 Å². The van der Waals surface area contributed by atoms with Crippen LogP contribution in [0.2, 0.25) is 0 Å². The molecule has 154 valence electrons. The number of hydrogen-bond donors (Lipinski definition) is 2. The maximum Gasteiger partial charge on any atom is 0.329 e. The highest BCUT2D eigenvalue weighted by Gasteiger charge is 2.37. The molecular formula is C21H30N2O5. The van der Waals surface area contributed by atoms with E-state index in [-0.39, 0.29) is 17.9 Å². The number of nitrogens with zero attached hydrogens (tertiary/aromatic N) is 1. The predicted octanol–water partition coefficient (Wildman–Crippen LogP) is 3.28. The minimum atomic E-state index is -1.29. The maximum atomic E-state index is 12.8. The molecule has 2 heterocycles. The van der Waals surface area contributed by atoms with Crippen LogP contribution in [0, 0.1) is 0 Å². The van der Waals surface area contributed by atoms with Crippen LogP contribution in [-0.2, 0) is 9.53 Å². The topological polar surface area (TPSA) is 97.8 Å². The molecule has 1 saturated carbocycles. The van der Waals surface area contributed by atoms with Gasteiger partial charge >= 0.3 is 5.97 Å². The lowest BCUT2D eigenvalue weighted by Gasteiger charge is -2.28. The summed E-state index contributed by atoms with van der Waals surface area (Å²) in [5.41, 5.74) is -0.108. The van der Waals surface area contributed by atoms with Gasteiger partial charge in [0.05, 0.1) is 6.10 Å². The Labute approximate surface area is 165 Å². The van der Waals surface area contributed by atoms with Crippen molar-refractivity contribution in [1.82, 2.24) is 10.3 Å². The van der Waals surface area contributed by atoms with E-state index in [0.717, 1.165) is 37.9 Å². The predicted molar refractivity (Wildman–Crippen MR) is 104 cm³/mol. The molecule has 7 heteroatoms. The first-order valence-corrected chi connectivity index (χ1v) is 10.2. The van der Waals surface area contributed by atoms with Gasteiger partial charge in [0.25, 0.3) is 5.91 Å². The average Bonchev–Trinajstić information content (AvgIpc) is 3.38. The molecule has 1 amide bonds. The smallest absolute Gasteiger partial charge is 0.329 e. The van der Waals surface area contributed by atoms with E-state index >= 15 is 0 Å². The van der Waals surface area contributed by atoms with Gasteiger partial charge in [-0.3, -0.25) is 4.79 Å². The van der Waals surface area contributed by atoms with Gasteiger partial charge in [-0.2, -0.15) is 0 Å². The van der Waals surface area contributed by atoms with Crippen molar-refractivity contribution in [2.24, 2.45) is 0 Å². The zero-order valence-electron chi connectivity index (χ0n) is 16.9. The van der Waals surface area contributed by atoms with E-state index in [0.29, 0.717) is 24.6 Å². The molecule has 0 spiro atoms. The van der Waals surface area contributed by atoms with Crippen LogP contribution in [0.3, 0.4) is 0 Å². The minimum Gasteiger partial charge on any atom is -0.480 e. The summed E-state index contributed by atoms with van der Waals surface area (Å²) < 4.78 is 11.8. The van der Waals surface area contributed by atoms with Crippen LogP contribution >= 0.6 is 0 Å². The summed E-state index contributed by atoms with van der Waals surface area (Å²) in [6.45, 7) is 6.21. The molecule has 1 aliphatic carbocycles. The zero-order chi connectivity index (χ0) is 20.3. The lowest BCUT2D eigenvalue weighted by molar-refractivity contribution is -0.144. The molecule has 1 aromatic heterocycles. The number of ether oxygens (including phenoxy) is 2. The van der Waals surface area contributed by atoms with E-state index in [9.17, 15) is 14.7 Å². The van der Waals surface area contributed by atoms with Gasteiger partial charge in [-0.25, -0.2) is 9.78 Å². The van der Waals surface area contributed by atoms with E-state index in [1.165, 1.54) is 0 Å². The summed E-state index contributed by atoms with van der Waals surface area (Å²) >= 11 is 0. The highest BCUT2D eigenvalue weighted by molar-refractivity contribution is 5.96. The number of carbonyl (C=O) groups is 2. The summed E-state index contributed by atoms with van der Waals surface area (Å²) in [4.78, 5) is 28.9. The highest BCUT2D eigenvalue weighted by atomic mass is 16.5. The van der Waals surface area contributed by atoms with E-state index < -0.39 is 17.4 Å². The fourth-order valence-corrected chi connectivity index (χ4v) is 3.67. The van der Waals surface area contributed by atoms with E-state index in [2.05, 4.69) is 10.3 Å². The number of amides is 1. The van der Waals surface area contributed by atoms with Crippen molar-refractivity contribution in [3.05, 3.63) is 23.4 Å². The molecule has 1 aromatic rings. The van der Waals surface area contributed by atoms with Crippen molar-refractivity contribution in [3.8, 4) is 5.88 Å². The molecule has 28 heavy (non-hydrogen) atoms. The third kappa shape index (κ3) is 4.29. The lowest BCUT2D eigenvalue weighted by Crippen LogP contribution is -2.53. The van der Waals surface area contributed by atoms with Crippen molar-refractivity contribution in [3.63, 3.8) is 0 Å². The molecule has 2 unspecified atom stereocenters. The first kappa shape index (κ1) is 20.6. The van der Waals surface area contributed by atoms with Gasteiger partial charge in [-0.05, 0) is 57.4 Å². The Hall–Kier alpha value is -2.15. The molecule has 1 aliphatic heterocycles. The van der Waals surface area contributed by atoms with E-state index in [1.807, 2.05) is 13.0 Å². The van der Waals surface area contributed by atoms with Gasteiger partial charge < -0.3 is 19.9 Å². The standard InChI is InChI=1S/C21H30N2O5/c1-4-21(5-2,20(25)26)23-18(24)16-11-10-15(14-8-9-14)19(22-16)28-13(3)17-7-6-12-27-17/h10-11,13-14,17H,4-9,12H2,1-3H3,(H,23,24)(H,25,26). The Morgan fingerprint density at radius 3 is 2.57 bits per heavy atom. The Morgan fingerprint density at radius 2 is 2.04 bits per heavy atom. The van der Waals surface area contributed by atoms with Crippen molar-refractivity contribution in [2.45, 2.75) is 83.0 Å². The summed E-state index contributed by atoms with van der Waals surface area (Å²) in [6, 6.07) is 3.54. The molecule has 2 fully saturated rings. The van der Waals surface area contributed by atoms with Crippen LogP contribution in [0.1, 0.15) is 81.3 Å². The molecule has 2 aliphatic rings. The minimum absolute atomic E-state index is 0.0335. The van der Waals surface area contributed by atoms with E-state index in [1.54, 1.807) is 19.9 Å². The van der Waals surface area contributed by atoms with Crippen molar-refractivity contribution in [2.75, 3.05) is 6.61 Å². The second-order valence-electron chi connectivity index (χ2n) is 7.79. The van der Waals surface area contributed by atoms with Gasteiger partial charge in [0.2, 0.25) is 5.88 Å². The summed E-state index contributed by atoms with van der Waals surface area (Å²) in [5.74, 6) is -0.653. The van der Waals surface area contributed by atoms with Gasteiger partial charge in [-0.15, -0.1) is 0 Å². The van der Waals surface area contributed by atoms with Crippen LogP contribution in [0.4, 0.5) is 0 Å². The number of carbonyl (C=O) groups excluding carboxylic acids is 1. The number of pyridine rings is 1. The highest BCUT2D eigenvalue weighted by Crippen LogP contribution is 2.44. The number of carboxylic acid groups (broad SMARTS) is 1. The first-order valence-electron chi connectivity index (χ1n) is 10.2. The number of rotatable bonds is 9. The molecule has 0 bridgehead atoms. The van der Waals surface area contributed by atoms with Crippen LogP contribution in [-0.4, -0.2) is 46.3 Å². The lowest BCUT2D eigenvalue weighted by atomic mass is 9.92. The molecule has 3 rings (SSSR count). The second-order valence-corrected chi connectivity index (χ2v) is 7.79. The number of nitrogens with one attached hydrogen (secondary N) is 1. The van der Waals surface area contributed by atoms with Crippen LogP contribution in [0.15, 0.2) is 12.1 Å². The molecule has 0 radical (unpaired) electrons. The molecule has 2 N–H and O–H groups in total.